The van der Waals surface area contributed by atoms with Gasteiger partial charge in [-0.1, -0.05) is 86.3 Å². The molecule has 0 spiro atoms. The number of aromatic amines is 2. The lowest BCUT2D eigenvalue weighted by Gasteiger charge is -2.28. The van der Waals surface area contributed by atoms with Crippen LogP contribution < -0.4 is 0 Å². The Labute approximate surface area is 213 Å². The van der Waals surface area contributed by atoms with Crippen LogP contribution in [0.4, 0.5) is 0 Å². The maximum atomic E-state index is 10.7. The first kappa shape index (κ1) is 25.8. The van der Waals surface area contributed by atoms with Crippen LogP contribution >= 0.6 is 0 Å². The fourth-order valence-electron chi connectivity index (χ4n) is 5.25. The molecule has 0 saturated carbocycles. The third kappa shape index (κ3) is 6.08. The van der Waals surface area contributed by atoms with Crippen LogP contribution in [0.25, 0.3) is 0 Å². The molecule has 7 nitrogen and oxygen atoms in total. The first-order valence-electron chi connectivity index (χ1n) is 13.0. The van der Waals surface area contributed by atoms with Gasteiger partial charge in [0.2, 0.25) is 0 Å². The first-order valence-corrected chi connectivity index (χ1v) is 13.0. The number of unbranched alkanes of at least 4 members (excludes halogenated alkanes) is 2. The molecule has 4 aromatic rings. The molecule has 36 heavy (non-hydrogen) atoms. The fourth-order valence-corrected chi connectivity index (χ4v) is 5.25. The molecule has 2 aromatic carbocycles. The van der Waals surface area contributed by atoms with Crippen molar-refractivity contribution >= 4 is 0 Å². The standard InChI is InChI=1S/C29H38N6O/c1-28(26-21-30-34-32-26,23-13-5-3-6-14-23)19-11-9-17-25(36)18-10-12-20-29(2,27-22-31-35-33-27)24-15-7-4-8-16-24/h3-8,13-16,21-22,25,36H,9-12,17-20H2,1-2H3,(H,30,32,34)(H,31,33,35). The predicted molar refractivity (Wildman–Crippen MR) is 142 cm³/mol. The minimum absolute atomic E-state index is 0.192. The Morgan fingerprint density at radius 2 is 1.08 bits per heavy atom. The molecule has 7 heteroatoms. The molecule has 0 aliphatic heterocycles. The van der Waals surface area contributed by atoms with Crippen LogP contribution in [0.5, 0.6) is 0 Å². The van der Waals surface area contributed by atoms with Gasteiger partial charge in [-0.15, -0.1) is 0 Å². The predicted octanol–water partition coefficient (Wildman–Crippen LogP) is 5.72. The highest BCUT2D eigenvalue weighted by molar-refractivity contribution is 5.34. The van der Waals surface area contributed by atoms with Gasteiger partial charge in [-0.25, -0.2) is 0 Å². The van der Waals surface area contributed by atoms with E-state index in [0.717, 1.165) is 62.8 Å². The van der Waals surface area contributed by atoms with Crippen molar-refractivity contribution < 1.29 is 5.11 Å². The maximum absolute atomic E-state index is 10.7. The monoisotopic (exact) mass is 486 g/mol. The number of aliphatic hydroxyl groups is 1. The lowest BCUT2D eigenvalue weighted by Crippen LogP contribution is -2.24. The molecular weight excluding hydrogens is 448 g/mol. The van der Waals surface area contributed by atoms with E-state index >= 15 is 0 Å². The van der Waals surface area contributed by atoms with Gasteiger partial charge >= 0.3 is 0 Å². The topological polar surface area (TPSA) is 103 Å². The number of hydrogen-bond acceptors (Lipinski definition) is 5. The Balaban J connectivity index is 1.23. The van der Waals surface area contributed by atoms with Crippen LogP contribution in [0.3, 0.4) is 0 Å². The number of rotatable bonds is 14. The van der Waals surface area contributed by atoms with Gasteiger partial charge in [0.25, 0.3) is 0 Å². The molecule has 2 heterocycles. The first-order chi connectivity index (χ1) is 17.5. The second-order valence-corrected chi connectivity index (χ2v) is 10.3. The molecule has 2 aromatic heterocycles. The van der Waals surface area contributed by atoms with Crippen molar-refractivity contribution in [2.45, 2.75) is 82.1 Å². The fraction of sp³-hybridized carbons (Fsp3) is 0.448. The molecule has 0 bridgehead atoms. The van der Waals surface area contributed by atoms with E-state index in [4.69, 9.17) is 0 Å². The van der Waals surface area contributed by atoms with Gasteiger partial charge in [-0.05, 0) is 50.7 Å². The average molecular weight is 487 g/mol. The zero-order chi connectivity index (χ0) is 25.3. The summed E-state index contributed by atoms with van der Waals surface area (Å²) in [5.74, 6) is 0. The minimum atomic E-state index is -0.268. The van der Waals surface area contributed by atoms with E-state index in [1.807, 2.05) is 24.5 Å². The normalized spacial score (nSPS) is 15.8. The van der Waals surface area contributed by atoms with E-state index in [1.165, 1.54) is 11.1 Å². The highest BCUT2D eigenvalue weighted by atomic mass is 16.3. The number of aliphatic hydroxyl groups excluding tert-OH is 1. The maximum Gasteiger partial charge on any atom is 0.0927 e. The third-order valence-electron chi connectivity index (χ3n) is 7.71. The number of nitrogens with one attached hydrogen (secondary N) is 2. The summed E-state index contributed by atoms with van der Waals surface area (Å²) < 4.78 is 0. The molecule has 0 radical (unpaired) electrons. The number of benzene rings is 2. The molecule has 0 amide bonds. The van der Waals surface area contributed by atoms with E-state index in [1.54, 1.807) is 0 Å². The van der Waals surface area contributed by atoms with Gasteiger partial charge in [-0.3, -0.25) is 0 Å². The average Bonchev–Trinajstić information content (AvgIpc) is 3.65. The van der Waals surface area contributed by atoms with Crippen LogP contribution in [0.1, 0.15) is 87.7 Å². The van der Waals surface area contributed by atoms with Crippen molar-refractivity contribution in [3.63, 3.8) is 0 Å². The molecule has 190 valence electrons. The summed E-state index contributed by atoms with van der Waals surface area (Å²) in [6.07, 6.45) is 11.0. The largest absolute Gasteiger partial charge is 0.393 e. The van der Waals surface area contributed by atoms with Crippen LogP contribution in [-0.4, -0.2) is 42.0 Å². The Kier molecular flexibility index (Phi) is 8.65. The molecule has 2 unspecified atom stereocenters. The Hall–Kier alpha value is -3.32. The lowest BCUT2D eigenvalue weighted by molar-refractivity contribution is 0.146. The van der Waals surface area contributed by atoms with Crippen molar-refractivity contribution in [3.8, 4) is 0 Å². The highest BCUT2D eigenvalue weighted by Gasteiger charge is 2.32. The summed E-state index contributed by atoms with van der Waals surface area (Å²) >= 11 is 0. The molecule has 4 rings (SSSR count). The number of aromatic nitrogens is 6. The van der Waals surface area contributed by atoms with E-state index < -0.39 is 0 Å². The van der Waals surface area contributed by atoms with Gasteiger partial charge in [0, 0.05) is 10.8 Å². The lowest BCUT2D eigenvalue weighted by atomic mass is 9.75. The zero-order valence-corrected chi connectivity index (χ0v) is 21.4. The molecule has 0 aliphatic rings. The second kappa shape index (κ2) is 12.1. The Bertz CT molecular complexity index is 1040. The van der Waals surface area contributed by atoms with Crippen molar-refractivity contribution in [3.05, 3.63) is 95.6 Å². The molecule has 0 saturated heterocycles. The third-order valence-corrected chi connectivity index (χ3v) is 7.71. The van der Waals surface area contributed by atoms with Crippen molar-refractivity contribution in [2.75, 3.05) is 0 Å². The van der Waals surface area contributed by atoms with Crippen molar-refractivity contribution in [2.24, 2.45) is 0 Å². The van der Waals surface area contributed by atoms with Crippen LogP contribution in [0.2, 0.25) is 0 Å². The molecule has 2 atom stereocenters. The second-order valence-electron chi connectivity index (χ2n) is 10.3. The summed E-state index contributed by atoms with van der Waals surface area (Å²) in [7, 11) is 0. The van der Waals surface area contributed by atoms with Gasteiger partial charge in [-0.2, -0.15) is 30.8 Å². The minimum Gasteiger partial charge on any atom is -0.393 e. The Morgan fingerprint density at radius 3 is 1.44 bits per heavy atom. The molecular formula is C29H38N6O. The van der Waals surface area contributed by atoms with Gasteiger partial charge < -0.3 is 5.11 Å². The van der Waals surface area contributed by atoms with E-state index in [-0.39, 0.29) is 16.9 Å². The number of H-pyrrole nitrogens is 2. The SMILES string of the molecule is CC(CCCCC(O)CCCCC(C)(c1ccccc1)c1cn[nH]n1)(c1ccccc1)c1cn[nH]n1. The number of nitrogens with zero attached hydrogens (tertiary/aromatic N) is 4. The molecule has 0 fully saturated rings. The zero-order valence-electron chi connectivity index (χ0n) is 21.4. The van der Waals surface area contributed by atoms with Crippen LogP contribution in [-0.2, 0) is 10.8 Å². The summed E-state index contributed by atoms with van der Waals surface area (Å²) in [6.45, 7) is 4.46. The van der Waals surface area contributed by atoms with E-state index in [2.05, 4.69) is 93.2 Å². The van der Waals surface area contributed by atoms with Gasteiger partial charge in [0.15, 0.2) is 0 Å². The van der Waals surface area contributed by atoms with E-state index in [0.29, 0.717) is 0 Å². The highest BCUT2D eigenvalue weighted by Crippen LogP contribution is 2.37. The van der Waals surface area contributed by atoms with E-state index in [9.17, 15) is 5.11 Å². The Morgan fingerprint density at radius 1 is 0.667 bits per heavy atom. The van der Waals surface area contributed by atoms with Crippen LogP contribution in [0, 0.1) is 0 Å². The molecule has 3 N–H and O–H groups in total. The number of hydrogen-bond donors (Lipinski definition) is 3. The quantitative estimate of drug-likeness (QED) is 0.198. The summed E-state index contributed by atoms with van der Waals surface area (Å²) in [5, 5.41) is 33.0. The molecule has 0 aliphatic carbocycles. The van der Waals surface area contributed by atoms with Crippen LogP contribution in [0.15, 0.2) is 73.1 Å². The van der Waals surface area contributed by atoms with Crippen molar-refractivity contribution in [1.82, 2.24) is 30.8 Å². The van der Waals surface area contributed by atoms with Crippen molar-refractivity contribution in [1.29, 1.82) is 0 Å². The summed E-state index contributed by atoms with van der Waals surface area (Å²) in [6, 6.07) is 21.0. The summed E-state index contributed by atoms with van der Waals surface area (Å²) in [5.41, 5.74) is 4.02. The summed E-state index contributed by atoms with van der Waals surface area (Å²) in [4.78, 5) is 0. The van der Waals surface area contributed by atoms with Gasteiger partial charge in [0.05, 0.1) is 29.9 Å². The van der Waals surface area contributed by atoms with Gasteiger partial charge in [0.1, 0.15) is 0 Å². The smallest absolute Gasteiger partial charge is 0.0927 e.